The zero-order chi connectivity index (χ0) is 71.0. The van der Waals surface area contributed by atoms with E-state index in [0.717, 1.165) is 180 Å². The van der Waals surface area contributed by atoms with Crippen molar-refractivity contribution in [2.45, 2.75) is 0 Å². The van der Waals surface area contributed by atoms with Crippen LogP contribution in [0, 0.1) is 0 Å². The van der Waals surface area contributed by atoms with Crippen LogP contribution in [-0.2, 0) is 0 Å². The van der Waals surface area contributed by atoms with Crippen LogP contribution < -0.4 is 37.9 Å². The largest absolute Gasteiger partial charge is 0.497 e. The number of ether oxygens (including phenoxy) is 8. The molecule has 0 aromatic heterocycles. The van der Waals surface area contributed by atoms with Gasteiger partial charge in [-0.25, -0.2) is 0 Å². The van der Waals surface area contributed by atoms with Crippen molar-refractivity contribution in [3.63, 3.8) is 0 Å². The van der Waals surface area contributed by atoms with Gasteiger partial charge in [-0.3, -0.25) is 0 Å². The highest BCUT2D eigenvalue weighted by Crippen LogP contribution is 2.50. The molecule has 8 heteroatoms. The maximum Gasteiger partial charge on any atom is 0.123 e. The molecular weight excluding hydrogens is 1280 g/mol. The summed E-state index contributed by atoms with van der Waals surface area (Å²) < 4.78 is 45.0. The zero-order valence-electron chi connectivity index (χ0n) is 59.1. The predicted molar refractivity (Wildman–Crippen MR) is 428 cm³/mol. The lowest BCUT2D eigenvalue weighted by Crippen LogP contribution is -1.94. The first kappa shape index (κ1) is 65.6. The van der Waals surface area contributed by atoms with Gasteiger partial charge in [0.1, 0.15) is 46.0 Å². The maximum absolute atomic E-state index is 5.63. The molecule has 0 heterocycles. The van der Waals surface area contributed by atoms with Crippen molar-refractivity contribution in [2.75, 3.05) is 56.9 Å². The van der Waals surface area contributed by atoms with E-state index in [0.29, 0.717) is 0 Å². The van der Waals surface area contributed by atoms with E-state index in [9.17, 15) is 0 Å². The molecule has 0 unspecified atom stereocenters. The average Bonchev–Trinajstić information content (AvgIpc) is 0.702. The summed E-state index contributed by atoms with van der Waals surface area (Å²) in [4.78, 5) is 0. The highest BCUT2D eigenvalue weighted by atomic mass is 16.5. The third-order valence-corrected chi connectivity index (χ3v) is 20.3. The third-order valence-electron chi connectivity index (χ3n) is 20.3. The molecule has 0 saturated carbocycles. The molecular formula is C96H74O8. The van der Waals surface area contributed by atoms with Crippen LogP contribution in [0.25, 0.3) is 166 Å². The fourth-order valence-corrected chi connectivity index (χ4v) is 14.6. The summed E-state index contributed by atoms with van der Waals surface area (Å²) in [6, 6.07) is 109. The molecule has 0 aliphatic rings. The minimum absolute atomic E-state index is 0.746. The van der Waals surface area contributed by atoms with Crippen molar-refractivity contribution in [1.82, 2.24) is 0 Å². The summed E-state index contributed by atoms with van der Waals surface area (Å²) in [7, 11) is 13.4. The molecule has 506 valence electrons. The van der Waals surface area contributed by atoms with Gasteiger partial charge < -0.3 is 37.9 Å². The molecule has 16 aromatic rings. The van der Waals surface area contributed by atoms with Gasteiger partial charge >= 0.3 is 0 Å². The van der Waals surface area contributed by atoms with E-state index >= 15 is 0 Å². The smallest absolute Gasteiger partial charge is 0.123 e. The summed E-state index contributed by atoms with van der Waals surface area (Å²) in [6.07, 6.45) is 0. The molecule has 0 spiro atoms. The summed E-state index contributed by atoms with van der Waals surface area (Å²) in [5.41, 5.74) is 26.5. The van der Waals surface area contributed by atoms with Gasteiger partial charge in [-0.05, 0) is 227 Å². The second-order valence-electron chi connectivity index (χ2n) is 26.0. The van der Waals surface area contributed by atoms with Gasteiger partial charge in [0, 0.05) is 24.3 Å². The molecule has 8 nitrogen and oxygen atoms in total. The van der Waals surface area contributed by atoms with Crippen molar-refractivity contribution in [3.8, 4) is 180 Å². The normalized spacial score (nSPS) is 11.3. The van der Waals surface area contributed by atoms with E-state index in [4.69, 9.17) is 37.9 Å². The van der Waals surface area contributed by atoms with Crippen LogP contribution in [0.2, 0.25) is 0 Å². The Bertz CT molecular complexity index is 5000. The average molecular weight is 1360 g/mol. The third kappa shape index (κ3) is 12.7. The molecule has 0 aliphatic carbocycles. The summed E-state index contributed by atoms with van der Waals surface area (Å²) in [5.74, 6) is 5.97. The zero-order valence-corrected chi connectivity index (χ0v) is 59.1. The van der Waals surface area contributed by atoms with Crippen molar-refractivity contribution in [2.24, 2.45) is 0 Å². The van der Waals surface area contributed by atoms with Crippen LogP contribution in [-0.4, -0.2) is 56.9 Å². The molecule has 16 rings (SSSR count). The first-order valence-electron chi connectivity index (χ1n) is 34.6. The minimum atomic E-state index is 0.746. The van der Waals surface area contributed by atoms with Gasteiger partial charge in [0.2, 0.25) is 0 Å². The lowest BCUT2D eigenvalue weighted by molar-refractivity contribution is 0.394. The summed E-state index contributed by atoms with van der Waals surface area (Å²) >= 11 is 0. The molecule has 0 N–H and O–H groups in total. The summed E-state index contributed by atoms with van der Waals surface area (Å²) in [6.45, 7) is 0. The number of methoxy groups -OCH3 is 8. The van der Waals surface area contributed by atoms with Crippen molar-refractivity contribution >= 4 is 32.3 Å². The molecule has 0 saturated heterocycles. The van der Waals surface area contributed by atoms with E-state index in [1.165, 1.54) is 32.3 Å². The quantitative estimate of drug-likeness (QED) is 0.0699. The van der Waals surface area contributed by atoms with E-state index in [1.807, 2.05) is 72.8 Å². The van der Waals surface area contributed by atoms with Crippen LogP contribution in [0.1, 0.15) is 0 Å². The predicted octanol–water partition coefficient (Wildman–Crippen LogP) is 24.7. The number of rotatable bonds is 20. The molecule has 16 aromatic carbocycles. The number of hydrogen-bond acceptors (Lipinski definition) is 8. The SMILES string of the molecule is COc1cc(OC)cc(-c2ccc(-c3ccc(-c4cc(-c5ccc(-c6ccc(-c7cc(OC)cc(OC)c7)cc6)cc5)c5ccc6c(-c7ccc(-c8ccc(-c9cc(OC)cc(OC)c9)cc8)cc7)cc(-c7ccc(-c8ccc(-c9cc(OC)cc(OC)c9)cc8)cc7)c7ccc4c5c76)cc3)cc2)c1. The molecule has 0 bridgehead atoms. The fraction of sp³-hybridized carbons (Fsp3) is 0.0833. The highest BCUT2D eigenvalue weighted by molar-refractivity contribution is 6.32. The fourth-order valence-electron chi connectivity index (χ4n) is 14.6. The Morgan fingerprint density at radius 2 is 0.250 bits per heavy atom. The molecule has 0 amide bonds. The van der Waals surface area contributed by atoms with Crippen LogP contribution in [0.4, 0.5) is 0 Å². The lowest BCUT2D eigenvalue weighted by atomic mass is 9.81. The maximum atomic E-state index is 5.63. The standard InChI is InChI=1S/C96H74O8/c1-97-79-45-75(46-80(53-79)98-2)67-17-9-59(10-18-67)63-25-33-71(34-26-63)91-57-92(72-35-27-64(28-36-72)60-11-19-68(20-12-60)76-47-81(99-3)54-82(48-76)100-4)88-43-44-90-94(74-39-31-66(32-40-74)62-15-23-70(24-16-62)78-51-85(103-7)56-86(52-78)104-8)58-93(89-42-41-87(91)95(88)96(89)90)73-37-29-65(30-38-73)61-13-21-69(22-14-61)77-49-83(101-5)55-84(50-77)102-6/h9-58H,1-8H3. The Hall–Kier alpha value is -13.0. The molecule has 104 heavy (non-hydrogen) atoms. The van der Waals surface area contributed by atoms with Crippen LogP contribution in [0.3, 0.4) is 0 Å². The van der Waals surface area contributed by atoms with Crippen molar-refractivity contribution < 1.29 is 37.9 Å². The van der Waals surface area contributed by atoms with Gasteiger partial charge in [-0.1, -0.05) is 218 Å². The Labute approximate surface area is 606 Å². The van der Waals surface area contributed by atoms with E-state index < -0.39 is 0 Å². The van der Waals surface area contributed by atoms with Gasteiger partial charge in [0.15, 0.2) is 0 Å². The second-order valence-corrected chi connectivity index (χ2v) is 26.0. The van der Waals surface area contributed by atoms with Crippen LogP contribution in [0.15, 0.2) is 303 Å². The first-order valence-corrected chi connectivity index (χ1v) is 34.6. The Kier molecular flexibility index (Phi) is 17.8. The minimum Gasteiger partial charge on any atom is -0.497 e. The molecule has 0 fully saturated rings. The lowest BCUT2D eigenvalue weighted by Gasteiger charge is -2.22. The highest BCUT2D eigenvalue weighted by Gasteiger charge is 2.23. The Morgan fingerprint density at radius 3 is 0.385 bits per heavy atom. The topological polar surface area (TPSA) is 73.8 Å². The summed E-state index contributed by atoms with van der Waals surface area (Å²) in [5, 5.41) is 7.15. The van der Waals surface area contributed by atoms with Crippen molar-refractivity contribution in [3.05, 3.63) is 303 Å². The van der Waals surface area contributed by atoms with Crippen LogP contribution >= 0.6 is 0 Å². The van der Waals surface area contributed by atoms with Crippen molar-refractivity contribution in [1.29, 1.82) is 0 Å². The van der Waals surface area contributed by atoms with Gasteiger partial charge in [0.25, 0.3) is 0 Å². The van der Waals surface area contributed by atoms with Gasteiger partial charge in [-0.15, -0.1) is 0 Å². The molecule has 0 atom stereocenters. The Balaban J connectivity index is 0.832. The van der Waals surface area contributed by atoms with Gasteiger partial charge in [0.05, 0.1) is 56.9 Å². The van der Waals surface area contributed by atoms with Crippen LogP contribution in [0.5, 0.6) is 46.0 Å². The van der Waals surface area contributed by atoms with Gasteiger partial charge in [-0.2, -0.15) is 0 Å². The first-order chi connectivity index (χ1) is 51.1. The number of benzene rings is 16. The Morgan fingerprint density at radius 1 is 0.125 bits per heavy atom. The second kappa shape index (κ2) is 28.2. The van der Waals surface area contributed by atoms with E-state index in [-0.39, 0.29) is 0 Å². The molecule has 0 aliphatic heterocycles. The number of hydrogen-bond donors (Lipinski definition) is 0. The monoisotopic (exact) mass is 1350 g/mol. The molecule has 0 radical (unpaired) electrons. The van der Waals surface area contributed by atoms with E-state index in [2.05, 4.69) is 231 Å². The van der Waals surface area contributed by atoms with E-state index in [1.54, 1.807) is 56.9 Å².